The van der Waals surface area contributed by atoms with Crippen LogP contribution in [0.4, 0.5) is 0 Å². The van der Waals surface area contributed by atoms with E-state index in [1.165, 1.54) is 18.5 Å². The molecule has 0 fully saturated rings. The summed E-state index contributed by atoms with van der Waals surface area (Å²) in [5.41, 5.74) is 0.830. The van der Waals surface area contributed by atoms with Crippen LogP contribution in [-0.4, -0.2) is 15.6 Å². The molecule has 0 spiro atoms. The van der Waals surface area contributed by atoms with Gasteiger partial charge in [0.05, 0.1) is 10.6 Å². The van der Waals surface area contributed by atoms with Crippen molar-refractivity contribution in [3.05, 3.63) is 10.6 Å². The van der Waals surface area contributed by atoms with Gasteiger partial charge in [-0.3, -0.25) is 4.79 Å². The fraction of sp³-hybridized carbons (Fsp3) is 0.500. The average molecular weight is 172 g/mol. The van der Waals surface area contributed by atoms with Crippen LogP contribution in [0.2, 0.25) is 0 Å². The zero-order valence-electron chi connectivity index (χ0n) is 6.33. The number of hydrogen-bond acceptors (Lipinski definition) is 5. The van der Waals surface area contributed by atoms with E-state index >= 15 is 0 Å². The van der Waals surface area contributed by atoms with E-state index in [0.29, 0.717) is 6.61 Å². The minimum Gasteiger partial charge on any atom is -0.460 e. The third-order valence-corrected chi connectivity index (χ3v) is 1.95. The first-order valence-corrected chi connectivity index (χ1v) is 3.88. The first-order valence-electron chi connectivity index (χ1n) is 3.11. The van der Waals surface area contributed by atoms with Gasteiger partial charge in [0.15, 0.2) is 0 Å². The maximum absolute atomic E-state index is 10.4. The molecule has 5 heteroatoms. The van der Waals surface area contributed by atoms with E-state index in [2.05, 4.69) is 9.59 Å². The van der Waals surface area contributed by atoms with E-state index in [4.69, 9.17) is 4.74 Å². The maximum atomic E-state index is 10.4. The monoisotopic (exact) mass is 172 g/mol. The lowest BCUT2D eigenvalue weighted by Crippen LogP contribution is -1.98. The van der Waals surface area contributed by atoms with Crippen LogP contribution in [-0.2, 0) is 16.1 Å². The van der Waals surface area contributed by atoms with Gasteiger partial charge in [-0.15, -0.1) is 5.10 Å². The smallest absolute Gasteiger partial charge is 0.302 e. The Morgan fingerprint density at radius 2 is 2.45 bits per heavy atom. The highest BCUT2D eigenvalue weighted by Gasteiger charge is 2.03. The molecule has 11 heavy (non-hydrogen) atoms. The molecule has 0 aliphatic heterocycles. The molecule has 0 amide bonds. The molecule has 1 rings (SSSR count). The number of carbonyl (C=O) groups is 1. The molecule has 0 aromatic carbocycles. The highest BCUT2D eigenvalue weighted by Crippen LogP contribution is 2.09. The Morgan fingerprint density at radius 1 is 1.73 bits per heavy atom. The lowest BCUT2D eigenvalue weighted by Gasteiger charge is -1.96. The molecule has 0 aliphatic rings. The lowest BCUT2D eigenvalue weighted by molar-refractivity contribution is -0.142. The summed E-state index contributed by atoms with van der Waals surface area (Å²) >= 11 is 1.25. The molecule has 0 N–H and O–H groups in total. The number of hydrogen-bond donors (Lipinski definition) is 0. The molecule has 0 aliphatic carbocycles. The second kappa shape index (κ2) is 3.43. The van der Waals surface area contributed by atoms with Gasteiger partial charge in [0.2, 0.25) is 0 Å². The van der Waals surface area contributed by atoms with Crippen molar-refractivity contribution < 1.29 is 9.53 Å². The molecule has 4 nitrogen and oxygen atoms in total. The van der Waals surface area contributed by atoms with E-state index in [0.717, 1.165) is 10.6 Å². The SMILES string of the molecule is CC(=O)OCc1snnc1C. The largest absolute Gasteiger partial charge is 0.460 e. The second-order valence-electron chi connectivity index (χ2n) is 2.06. The van der Waals surface area contributed by atoms with Crippen molar-refractivity contribution in [1.82, 2.24) is 9.59 Å². The zero-order chi connectivity index (χ0) is 8.27. The van der Waals surface area contributed by atoms with E-state index < -0.39 is 0 Å². The highest BCUT2D eigenvalue weighted by molar-refractivity contribution is 7.05. The van der Waals surface area contributed by atoms with Gasteiger partial charge in [-0.05, 0) is 18.5 Å². The summed E-state index contributed by atoms with van der Waals surface area (Å²) in [6.07, 6.45) is 0. The standard InChI is InChI=1S/C6H8N2O2S/c1-4-6(11-8-7-4)3-10-5(2)9/h3H2,1-2H3. The van der Waals surface area contributed by atoms with Crippen LogP contribution in [0, 0.1) is 6.92 Å². The van der Waals surface area contributed by atoms with Crippen LogP contribution in [0.15, 0.2) is 0 Å². The summed E-state index contributed by atoms with van der Waals surface area (Å²) in [5.74, 6) is -0.280. The molecule has 0 radical (unpaired) electrons. The average Bonchev–Trinajstić information content (AvgIpc) is 2.31. The summed E-state index contributed by atoms with van der Waals surface area (Å²) in [4.78, 5) is 11.3. The number of nitrogens with zero attached hydrogens (tertiary/aromatic N) is 2. The van der Waals surface area contributed by atoms with E-state index in [-0.39, 0.29) is 5.97 Å². The van der Waals surface area contributed by atoms with Crippen molar-refractivity contribution in [3.8, 4) is 0 Å². The van der Waals surface area contributed by atoms with Crippen LogP contribution >= 0.6 is 11.5 Å². The van der Waals surface area contributed by atoms with Crippen LogP contribution in [0.1, 0.15) is 17.5 Å². The Morgan fingerprint density at radius 3 is 2.91 bits per heavy atom. The van der Waals surface area contributed by atoms with Gasteiger partial charge in [-0.1, -0.05) is 4.49 Å². The number of aromatic nitrogens is 2. The molecule has 0 saturated heterocycles. The topological polar surface area (TPSA) is 52.1 Å². The van der Waals surface area contributed by atoms with Crippen molar-refractivity contribution in [1.29, 1.82) is 0 Å². The molecular weight excluding hydrogens is 164 g/mol. The number of esters is 1. The maximum Gasteiger partial charge on any atom is 0.302 e. The fourth-order valence-electron chi connectivity index (χ4n) is 0.551. The number of ether oxygens (including phenoxy) is 1. The summed E-state index contributed by atoms with van der Waals surface area (Å²) in [6.45, 7) is 3.50. The van der Waals surface area contributed by atoms with Crippen molar-refractivity contribution in [2.24, 2.45) is 0 Å². The summed E-state index contributed by atoms with van der Waals surface area (Å²) in [7, 11) is 0. The molecule has 1 heterocycles. The predicted octanol–water partition coefficient (Wildman–Crippen LogP) is 0.910. The Hall–Kier alpha value is -0.970. The molecule has 0 bridgehead atoms. The molecule has 1 aromatic rings. The molecule has 60 valence electrons. The van der Waals surface area contributed by atoms with Gasteiger partial charge in [0.1, 0.15) is 6.61 Å². The van der Waals surface area contributed by atoms with Crippen molar-refractivity contribution in [2.75, 3.05) is 0 Å². The van der Waals surface area contributed by atoms with E-state index in [9.17, 15) is 4.79 Å². The van der Waals surface area contributed by atoms with Gasteiger partial charge >= 0.3 is 5.97 Å². The molecule has 0 unspecified atom stereocenters. The van der Waals surface area contributed by atoms with Gasteiger partial charge in [-0.2, -0.15) is 0 Å². The van der Waals surface area contributed by atoms with Gasteiger partial charge < -0.3 is 4.74 Å². The third-order valence-electron chi connectivity index (χ3n) is 1.15. The first-order chi connectivity index (χ1) is 5.20. The zero-order valence-corrected chi connectivity index (χ0v) is 7.14. The Kier molecular flexibility index (Phi) is 2.53. The number of carbonyl (C=O) groups excluding carboxylic acids is 1. The van der Waals surface area contributed by atoms with Crippen molar-refractivity contribution in [2.45, 2.75) is 20.5 Å². The van der Waals surface area contributed by atoms with Crippen LogP contribution < -0.4 is 0 Å². The number of rotatable bonds is 2. The summed E-state index contributed by atoms with van der Waals surface area (Å²) < 4.78 is 8.46. The van der Waals surface area contributed by atoms with Crippen molar-refractivity contribution >= 4 is 17.5 Å². The van der Waals surface area contributed by atoms with E-state index in [1.807, 2.05) is 6.92 Å². The van der Waals surface area contributed by atoms with E-state index in [1.54, 1.807) is 0 Å². The Labute approximate surface area is 68.4 Å². The normalized spacial score (nSPS) is 9.64. The van der Waals surface area contributed by atoms with Crippen LogP contribution in [0.3, 0.4) is 0 Å². The molecule has 0 saturated carbocycles. The first kappa shape index (κ1) is 8.13. The number of aryl methyl sites for hydroxylation is 1. The van der Waals surface area contributed by atoms with Crippen LogP contribution in [0.5, 0.6) is 0 Å². The third kappa shape index (κ3) is 2.27. The van der Waals surface area contributed by atoms with Gasteiger partial charge in [0, 0.05) is 6.92 Å². The Balaban J connectivity index is 2.51. The minimum atomic E-state index is -0.280. The summed E-state index contributed by atoms with van der Waals surface area (Å²) in [5, 5.41) is 3.77. The minimum absolute atomic E-state index is 0.280. The molecule has 1 aromatic heterocycles. The predicted molar refractivity (Wildman–Crippen MR) is 40.1 cm³/mol. The highest BCUT2D eigenvalue weighted by atomic mass is 32.1. The second-order valence-corrected chi connectivity index (χ2v) is 2.90. The fourth-order valence-corrected chi connectivity index (χ4v) is 1.10. The van der Waals surface area contributed by atoms with Gasteiger partial charge in [-0.25, -0.2) is 0 Å². The van der Waals surface area contributed by atoms with Crippen LogP contribution in [0.25, 0.3) is 0 Å². The summed E-state index contributed by atoms with van der Waals surface area (Å²) in [6, 6.07) is 0. The van der Waals surface area contributed by atoms with Gasteiger partial charge in [0.25, 0.3) is 0 Å². The Bertz CT molecular complexity index is 259. The molecular formula is C6H8N2O2S. The lowest BCUT2D eigenvalue weighted by atomic mass is 10.4. The van der Waals surface area contributed by atoms with Crippen molar-refractivity contribution in [3.63, 3.8) is 0 Å². The quantitative estimate of drug-likeness (QED) is 0.622. The molecule has 0 atom stereocenters.